The standard InChI is InChI=1S/C21H21N3O4S/c1-13(18(25)23(2)3)29-21-22-17-12-14(20(27)28-4)10-11-16(17)19(26)24(21)15-8-6-5-7-9-15/h5-13H,1-4H3/t13-/m1/s1. The third kappa shape index (κ3) is 4.17. The van der Waals surface area contributed by atoms with Crippen molar-refractivity contribution in [3.05, 3.63) is 64.4 Å². The van der Waals surface area contributed by atoms with Crippen LogP contribution < -0.4 is 5.56 Å². The van der Waals surface area contributed by atoms with E-state index in [1.165, 1.54) is 40.5 Å². The minimum atomic E-state index is -0.508. The molecule has 0 bridgehead atoms. The van der Waals surface area contributed by atoms with Crippen LogP contribution in [0.2, 0.25) is 0 Å². The number of hydrogen-bond acceptors (Lipinski definition) is 6. The predicted molar refractivity (Wildman–Crippen MR) is 113 cm³/mol. The van der Waals surface area contributed by atoms with E-state index in [2.05, 4.69) is 4.98 Å². The van der Waals surface area contributed by atoms with Gasteiger partial charge in [0, 0.05) is 14.1 Å². The first-order valence-corrected chi connectivity index (χ1v) is 9.80. The number of nitrogens with zero attached hydrogens (tertiary/aromatic N) is 3. The van der Waals surface area contributed by atoms with Gasteiger partial charge in [-0.25, -0.2) is 9.78 Å². The maximum atomic E-state index is 13.3. The van der Waals surface area contributed by atoms with Gasteiger partial charge in [-0.1, -0.05) is 30.0 Å². The Bertz CT molecular complexity index is 1130. The second-order valence-corrected chi connectivity index (χ2v) is 7.89. The van der Waals surface area contributed by atoms with Crippen molar-refractivity contribution in [1.82, 2.24) is 14.5 Å². The van der Waals surface area contributed by atoms with E-state index in [1.54, 1.807) is 39.2 Å². The van der Waals surface area contributed by atoms with Crippen LogP contribution in [0.4, 0.5) is 0 Å². The third-order valence-corrected chi connectivity index (χ3v) is 5.38. The van der Waals surface area contributed by atoms with E-state index in [-0.39, 0.29) is 11.5 Å². The summed E-state index contributed by atoms with van der Waals surface area (Å²) in [7, 11) is 4.66. The molecular formula is C21H21N3O4S. The number of ether oxygens (including phenoxy) is 1. The highest BCUT2D eigenvalue weighted by Crippen LogP contribution is 2.26. The Balaban J connectivity index is 2.23. The van der Waals surface area contributed by atoms with Crippen molar-refractivity contribution in [2.75, 3.05) is 21.2 Å². The Morgan fingerprint density at radius 3 is 2.45 bits per heavy atom. The summed E-state index contributed by atoms with van der Waals surface area (Å²) >= 11 is 1.19. The van der Waals surface area contributed by atoms with Gasteiger partial charge in [0.15, 0.2) is 5.16 Å². The Morgan fingerprint density at radius 2 is 1.83 bits per heavy atom. The average molecular weight is 411 g/mol. The molecule has 0 N–H and O–H groups in total. The van der Waals surface area contributed by atoms with Crippen molar-refractivity contribution in [2.45, 2.75) is 17.3 Å². The minimum Gasteiger partial charge on any atom is -0.465 e. The molecule has 8 heteroatoms. The Labute approximate surface area is 172 Å². The number of thioether (sulfide) groups is 1. The molecule has 1 heterocycles. The van der Waals surface area contributed by atoms with Crippen molar-refractivity contribution in [2.24, 2.45) is 0 Å². The number of methoxy groups -OCH3 is 1. The Hall–Kier alpha value is -3.13. The highest BCUT2D eigenvalue weighted by Gasteiger charge is 2.22. The highest BCUT2D eigenvalue weighted by molar-refractivity contribution is 8.00. The molecule has 150 valence electrons. The summed E-state index contributed by atoms with van der Waals surface area (Å²) in [6, 6.07) is 13.8. The maximum Gasteiger partial charge on any atom is 0.337 e. The van der Waals surface area contributed by atoms with Crippen molar-refractivity contribution in [1.29, 1.82) is 0 Å². The number of benzene rings is 2. The normalized spacial score (nSPS) is 11.9. The SMILES string of the molecule is COC(=O)c1ccc2c(=O)n(-c3ccccc3)c(S[C@H](C)C(=O)N(C)C)nc2c1. The zero-order valence-corrected chi connectivity index (χ0v) is 17.4. The molecule has 29 heavy (non-hydrogen) atoms. The Morgan fingerprint density at radius 1 is 1.14 bits per heavy atom. The van der Waals surface area contributed by atoms with Crippen molar-refractivity contribution >= 4 is 34.5 Å². The molecule has 1 aromatic heterocycles. The van der Waals surface area contributed by atoms with E-state index < -0.39 is 11.2 Å². The number of esters is 1. The zero-order valence-electron chi connectivity index (χ0n) is 16.6. The van der Waals surface area contributed by atoms with E-state index in [1.807, 2.05) is 18.2 Å². The quantitative estimate of drug-likeness (QED) is 0.365. The van der Waals surface area contributed by atoms with Crippen LogP contribution in [0.3, 0.4) is 0 Å². The fourth-order valence-electron chi connectivity index (χ4n) is 2.87. The number of rotatable bonds is 5. The van der Waals surface area contributed by atoms with Gasteiger partial charge < -0.3 is 9.64 Å². The molecule has 0 saturated heterocycles. The predicted octanol–water partition coefficient (Wildman–Crippen LogP) is 2.74. The lowest BCUT2D eigenvalue weighted by Crippen LogP contribution is -2.31. The summed E-state index contributed by atoms with van der Waals surface area (Å²) in [6.07, 6.45) is 0. The summed E-state index contributed by atoms with van der Waals surface area (Å²) in [4.78, 5) is 43.6. The number of hydrogen-bond donors (Lipinski definition) is 0. The van der Waals surface area contributed by atoms with Gasteiger partial charge in [-0.05, 0) is 37.3 Å². The molecule has 0 radical (unpaired) electrons. The maximum absolute atomic E-state index is 13.3. The fraction of sp³-hybridized carbons (Fsp3) is 0.238. The van der Waals surface area contributed by atoms with E-state index in [9.17, 15) is 14.4 Å². The Kier molecular flexibility index (Phi) is 6.03. The summed E-state index contributed by atoms with van der Waals surface area (Å²) in [5.41, 5.74) is 1.05. The summed E-state index contributed by atoms with van der Waals surface area (Å²) in [5.74, 6) is -0.599. The average Bonchev–Trinajstić information content (AvgIpc) is 2.72. The molecule has 0 aliphatic rings. The molecular weight excluding hydrogens is 390 g/mol. The summed E-state index contributed by atoms with van der Waals surface area (Å²) in [5, 5.41) is 0.295. The van der Waals surface area contributed by atoms with Gasteiger partial charge in [0.1, 0.15) is 0 Å². The van der Waals surface area contributed by atoms with E-state index in [4.69, 9.17) is 4.74 Å². The molecule has 0 aliphatic carbocycles. The van der Waals surface area contributed by atoms with Gasteiger partial charge in [0.05, 0.1) is 34.5 Å². The van der Waals surface area contributed by atoms with Gasteiger partial charge >= 0.3 is 5.97 Å². The van der Waals surface area contributed by atoms with Crippen molar-refractivity contribution < 1.29 is 14.3 Å². The molecule has 1 atom stereocenters. The summed E-state index contributed by atoms with van der Waals surface area (Å²) < 4.78 is 6.25. The first kappa shape index (κ1) is 20.6. The van der Waals surface area contributed by atoms with Gasteiger partial charge in [0.2, 0.25) is 5.91 Å². The van der Waals surface area contributed by atoms with E-state index >= 15 is 0 Å². The molecule has 0 fully saturated rings. The van der Waals surface area contributed by atoms with Crippen LogP contribution in [0.15, 0.2) is 58.5 Å². The lowest BCUT2D eigenvalue weighted by molar-refractivity contribution is -0.127. The molecule has 7 nitrogen and oxygen atoms in total. The number of carbonyl (C=O) groups excluding carboxylic acids is 2. The molecule has 0 saturated carbocycles. The number of carbonyl (C=O) groups is 2. The molecule has 0 spiro atoms. The van der Waals surface area contributed by atoms with Crippen LogP contribution in [0.1, 0.15) is 17.3 Å². The molecule has 0 aliphatic heterocycles. The van der Waals surface area contributed by atoms with Gasteiger partial charge in [-0.3, -0.25) is 14.2 Å². The number of amides is 1. The van der Waals surface area contributed by atoms with Crippen LogP contribution in [0.5, 0.6) is 0 Å². The molecule has 2 aromatic carbocycles. The molecule has 1 amide bonds. The molecule has 3 aromatic rings. The first-order valence-electron chi connectivity index (χ1n) is 8.92. The lowest BCUT2D eigenvalue weighted by Gasteiger charge is -2.18. The van der Waals surface area contributed by atoms with E-state index in [0.29, 0.717) is 27.3 Å². The fourth-order valence-corrected chi connectivity index (χ4v) is 3.94. The van der Waals surface area contributed by atoms with Crippen LogP contribution in [0, 0.1) is 0 Å². The lowest BCUT2D eigenvalue weighted by atomic mass is 10.1. The minimum absolute atomic E-state index is 0.0905. The van der Waals surface area contributed by atoms with Crippen molar-refractivity contribution in [3.8, 4) is 5.69 Å². The third-order valence-electron chi connectivity index (χ3n) is 4.34. The topological polar surface area (TPSA) is 81.5 Å². The first-order chi connectivity index (χ1) is 13.8. The smallest absolute Gasteiger partial charge is 0.337 e. The van der Waals surface area contributed by atoms with Crippen LogP contribution >= 0.6 is 11.8 Å². The van der Waals surface area contributed by atoms with Crippen molar-refractivity contribution in [3.63, 3.8) is 0 Å². The number of aromatic nitrogens is 2. The zero-order chi connectivity index (χ0) is 21.1. The van der Waals surface area contributed by atoms with Gasteiger partial charge in [0.25, 0.3) is 5.56 Å². The largest absolute Gasteiger partial charge is 0.465 e. The van der Waals surface area contributed by atoms with Crippen LogP contribution in [-0.4, -0.2) is 52.8 Å². The second-order valence-electron chi connectivity index (χ2n) is 6.59. The number of para-hydroxylation sites is 1. The monoisotopic (exact) mass is 411 g/mol. The number of fused-ring (bicyclic) bond motifs is 1. The van der Waals surface area contributed by atoms with Crippen LogP contribution in [0.25, 0.3) is 16.6 Å². The summed E-state index contributed by atoms with van der Waals surface area (Å²) in [6.45, 7) is 1.77. The molecule has 3 rings (SSSR count). The molecule has 0 unspecified atom stereocenters. The van der Waals surface area contributed by atoms with Crippen LogP contribution in [-0.2, 0) is 9.53 Å². The highest BCUT2D eigenvalue weighted by atomic mass is 32.2. The van der Waals surface area contributed by atoms with Gasteiger partial charge in [-0.15, -0.1) is 0 Å². The van der Waals surface area contributed by atoms with Gasteiger partial charge in [-0.2, -0.15) is 0 Å². The van der Waals surface area contributed by atoms with E-state index in [0.717, 1.165) is 0 Å². The second kappa shape index (κ2) is 8.48.